The summed E-state index contributed by atoms with van der Waals surface area (Å²) in [5.41, 5.74) is 3.28. The van der Waals surface area contributed by atoms with Gasteiger partial charge in [-0.1, -0.05) is 54.1 Å². The van der Waals surface area contributed by atoms with Crippen LogP contribution in [0.15, 0.2) is 77.6 Å². The second-order valence-corrected chi connectivity index (χ2v) is 8.95. The van der Waals surface area contributed by atoms with Crippen LogP contribution in [-0.4, -0.2) is 16.6 Å². The summed E-state index contributed by atoms with van der Waals surface area (Å²) in [6, 6.07) is 22.6. The van der Waals surface area contributed by atoms with Crippen LogP contribution >= 0.6 is 11.6 Å². The third-order valence-electron chi connectivity index (χ3n) is 5.63. The first-order valence-corrected chi connectivity index (χ1v) is 11.6. The van der Waals surface area contributed by atoms with E-state index in [1.54, 1.807) is 23.7 Å². The quantitative estimate of drug-likeness (QED) is 0.384. The number of carbonyl (C=O) groups excluding carboxylic acids is 1. The molecule has 0 saturated heterocycles. The van der Waals surface area contributed by atoms with Gasteiger partial charge in [-0.15, -0.1) is 0 Å². The van der Waals surface area contributed by atoms with Crippen LogP contribution in [0.1, 0.15) is 25.1 Å². The second-order valence-electron chi connectivity index (χ2n) is 8.51. The number of benzene rings is 3. The molecule has 1 aromatic heterocycles. The molecular formula is C28H27ClN2O3. The van der Waals surface area contributed by atoms with Crippen molar-refractivity contribution in [2.24, 2.45) is 7.05 Å². The number of pyridine rings is 1. The van der Waals surface area contributed by atoms with Crippen LogP contribution < -0.4 is 15.6 Å². The Morgan fingerprint density at radius 3 is 2.50 bits per heavy atom. The molecule has 3 aromatic carbocycles. The fourth-order valence-corrected chi connectivity index (χ4v) is 4.27. The molecule has 5 nitrogen and oxygen atoms in total. The highest BCUT2D eigenvalue weighted by atomic mass is 35.5. The van der Waals surface area contributed by atoms with E-state index >= 15 is 0 Å². The van der Waals surface area contributed by atoms with Gasteiger partial charge in [-0.05, 0) is 60.7 Å². The summed E-state index contributed by atoms with van der Waals surface area (Å²) in [6.07, 6.45) is 0.270. The first-order valence-electron chi connectivity index (χ1n) is 11.2. The van der Waals surface area contributed by atoms with Crippen molar-refractivity contribution in [3.8, 4) is 16.9 Å². The number of halogens is 1. The first kappa shape index (κ1) is 23.6. The molecule has 0 aliphatic rings. The van der Waals surface area contributed by atoms with Crippen LogP contribution in [0.25, 0.3) is 21.9 Å². The number of carbonyl (C=O) groups is 1. The van der Waals surface area contributed by atoms with E-state index in [2.05, 4.69) is 5.32 Å². The van der Waals surface area contributed by atoms with Gasteiger partial charge in [-0.3, -0.25) is 9.59 Å². The molecular weight excluding hydrogens is 448 g/mol. The highest BCUT2D eigenvalue weighted by molar-refractivity contribution is 6.31. The van der Waals surface area contributed by atoms with Gasteiger partial charge in [-0.25, -0.2) is 0 Å². The van der Waals surface area contributed by atoms with Gasteiger partial charge in [0.1, 0.15) is 5.75 Å². The minimum Gasteiger partial charge on any atom is -0.491 e. The van der Waals surface area contributed by atoms with Crippen LogP contribution in [0.2, 0.25) is 5.02 Å². The van der Waals surface area contributed by atoms with Crippen molar-refractivity contribution >= 4 is 28.3 Å². The molecule has 6 heteroatoms. The summed E-state index contributed by atoms with van der Waals surface area (Å²) >= 11 is 6.30. The maximum absolute atomic E-state index is 13.1. The lowest BCUT2D eigenvalue weighted by atomic mass is 9.96. The van der Waals surface area contributed by atoms with Gasteiger partial charge in [0.05, 0.1) is 19.1 Å². The number of aromatic nitrogens is 1. The summed E-state index contributed by atoms with van der Waals surface area (Å²) in [5.74, 6) is 0.597. The molecule has 0 aliphatic heterocycles. The highest BCUT2D eigenvalue weighted by Crippen LogP contribution is 2.32. The molecule has 1 N–H and O–H groups in total. The van der Waals surface area contributed by atoms with E-state index in [9.17, 15) is 9.59 Å². The number of hydrogen-bond acceptors (Lipinski definition) is 3. The molecule has 4 rings (SSSR count). The summed E-state index contributed by atoms with van der Waals surface area (Å²) < 4.78 is 7.34. The van der Waals surface area contributed by atoms with E-state index in [1.807, 2.05) is 74.5 Å². The van der Waals surface area contributed by atoms with Crippen molar-refractivity contribution in [3.63, 3.8) is 0 Å². The van der Waals surface area contributed by atoms with Crippen LogP contribution in [0.5, 0.6) is 5.75 Å². The second kappa shape index (κ2) is 10.1. The van der Waals surface area contributed by atoms with Gasteiger partial charge in [0.25, 0.3) is 5.56 Å². The van der Waals surface area contributed by atoms with E-state index in [-0.39, 0.29) is 30.5 Å². The standard InChI is InChI=1S/C28H27ClN2O3/c1-18(2)34-22-11-7-8-19(14-22)15-26(32)30-17-25-27(20-9-5-4-6-10-20)24-16-21(29)12-13-23(24)28(33)31(25)3/h4-14,16,18H,15,17H2,1-3H3,(H,30,32). The zero-order chi connectivity index (χ0) is 24.2. The predicted octanol–water partition coefficient (Wildman–Crippen LogP) is 5.51. The van der Waals surface area contributed by atoms with Gasteiger partial charge < -0.3 is 14.6 Å². The average molecular weight is 475 g/mol. The number of nitrogens with one attached hydrogen (secondary N) is 1. The Hall–Kier alpha value is -3.57. The molecule has 0 spiro atoms. The Labute approximate surface area is 204 Å². The predicted molar refractivity (Wildman–Crippen MR) is 137 cm³/mol. The molecule has 1 heterocycles. The van der Waals surface area contributed by atoms with E-state index in [4.69, 9.17) is 16.3 Å². The third kappa shape index (κ3) is 5.15. The summed E-state index contributed by atoms with van der Waals surface area (Å²) in [4.78, 5) is 25.9. The van der Waals surface area contributed by atoms with Crippen LogP contribution in [0, 0.1) is 0 Å². The van der Waals surface area contributed by atoms with Crippen molar-refractivity contribution in [1.82, 2.24) is 9.88 Å². The summed E-state index contributed by atoms with van der Waals surface area (Å²) in [5, 5.41) is 4.90. The molecule has 174 valence electrons. The minimum atomic E-state index is -0.139. The third-order valence-corrected chi connectivity index (χ3v) is 5.86. The number of hydrogen-bond donors (Lipinski definition) is 1. The number of ether oxygens (including phenoxy) is 1. The molecule has 0 aliphatic carbocycles. The SMILES string of the molecule is CC(C)Oc1cccc(CC(=O)NCc2c(-c3ccccc3)c3cc(Cl)ccc3c(=O)n2C)c1. The van der Waals surface area contributed by atoms with Gasteiger partial charge >= 0.3 is 0 Å². The Kier molecular flexibility index (Phi) is 7.03. The summed E-state index contributed by atoms with van der Waals surface area (Å²) in [6.45, 7) is 4.13. The number of nitrogens with zero attached hydrogens (tertiary/aromatic N) is 1. The fraction of sp³-hybridized carbons (Fsp3) is 0.214. The normalized spacial score (nSPS) is 11.1. The van der Waals surface area contributed by atoms with Crippen LogP contribution in [0.3, 0.4) is 0 Å². The van der Waals surface area contributed by atoms with E-state index in [1.165, 1.54) is 0 Å². The molecule has 0 atom stereocenters. The van der Waals surface area contributed by atoms with Gasteiger partial charge in [-0.2, -0.15) is 0 Å². The van der Waals surface area contributed by atoms with Crippen molar-refractivity contribution in [2.45, 2.75) is 32.9 Å². The molecule has 0 unspecified atom stereocenters. The zero-order valence-corrected chi connectivity index (χ0v) is 20.2. The van der Waals surface area contributed by atoms with E-state index in [0.717, 1.165) is 33.5 Å². The molecule has 34 heavy (non-hydrogen) atoms. The number of amides is 1. The monoisotopic (exact) mass is 474 g/mol. The first-order chi connectivity index (χ1) is 16.3. The smallest absolute Gasteiger partial charge is 0.258 e. The zero-order valence-electron chi connectivity index (χ0n) is 19.5. The molecule has 0 fully saturated rings. The van der Waals surface area contributed by atoms with Crippen LogP contribution in [0.4, 0.5) is 0 Å². The van der Waals surface area contributed by atoms with Crippen molar-refractivity contribution in [3.05, 3.63) is 99.4 Å². The van der Waals surface area contributed by atoms with Crippen molar-refractivity contribution in [2.75, 3.05) is 0 Å². The number of rotatable bonds is 7. The fourth-order valence-electron chi connectivity index (χ4n) is 4.10. The lowest BCUT2D eigenvalue weighted by molar-refractivity contribution is -0.120. The summed E-state index contributed by atoms with van der Waals surface area (Å²) in [7, 11) is 1.73. The van der Waals surface area contributed by atoms with Crippen molar-refractivity contribution in [1.29, 1.82) is 0 Å². The lowest BCUT2D eigenvalue weighted by Gasteiger charge is -2.18. The largest absolute Gasteiger partial charge is 0.491 e. The maximum atomic E-state index is 13.1. The molecule has 4 aromatic rings. The van der Waals surface area contributed by atoms with Gasteiger partial charge in [0, 0.05) is 28.7 Å². The molecule has 0 saturated carbocycles. The molecule has 1 amide bonds. The Balaban J connectivity index is 1.66. The number of fused-ring (bicyclic) bond motifs is 1. The minimum absolute atomic E-state index is 0.0585. The van der Waals surface area contributed by atoms with Crippen molar-refractivity contribution < 1.29 is 9.53 Å². The molecule has 0 bridgehead atoms. The highest BCUT2D eigenvalue weighted by Gasteiger charge is 2.17. The maximum Gasteiger partial charge on any atom is 0.258 e. The molecule has 0 radical (unpaired) electrons. The van der Waals surface area contributed by atoms with E-state index in [0.29, 0.717) is 10.4 Å². The lowest BCUT2D eigenvalue weighted by Crippen LogP contribution is -2.30. The Morgan fingerprint density at radius 1 is 1.00 bits per heavy atom. The van der Waals surface area contributed by atoms with Gasteiger partial charge in [0.15, 0.2) is 0 Å². The van der Waals surface area contributed by atoms with E-state index < -0.39 is 0 Å². The Bertz CT molecular complexity index is 1390. The topological polar surface area (TPSA) is 60.3 Å². The van der Waals surface area contributed by atoms with Gasteiger partial charge in [0.2, 0.25) is 5.91 Å². The average Bonchev–Trinajstić information content (AvgIpc) is 2.80. The van der Waals surface area contributed by atoms with Crippen LogP contribution in [-0.2, 0) is 24.8 Å². The Morgan fingerprint density at radius 2 is 1.76 bits per heavy atom.